The fraction of sp³-hybridized carbons (Fsp3) is 0.733. The average Bonchev–Trinajstić information content (AvgIpc) is 2.28. The number of carbonyl (C=O) groups is 2. The maximum atomic E-state index is 13.1. The van der Waals surface area contributed by atoms with Gasteiger partial charge in [-0.3, -0.25) is 4.79 Å². The molecule has 26 heavy (non-hydrogen) atoms. The molecule has 0 spiro atoms. The second-order valence-corrected chi connectivity index (χ2v) is 22.6. The van der Waals surface area contributed by atoms with Gasteiger partial charge in [0.2, 0.25) is 8.32 Å². The van der Waals surface area contributed by atoms with Crippen molar-refractivity contribution in [2.24, 2.45) is 0 Å². The van der Waals surface area contributed by atoms with E-state index in [1.165, 1.54) is 6.08 Å². The lowest BCUT2D eigenvalue weighted by Crippen LogP contribution is -2.60. The van der Waals surface area contributed by atoms with Crippen LogP contribution in [-0.4, -0.2) is 53.7 Å². The third-order valence-electron chi connectivity index (χ3n) is 2.72. The number of hydrogen-bond donors (Lipinski definition) is 0. The number of halogens is 3. The lowest BCUT2D eigenvalue weighted by molar-refractivity contribution is -0.185. The maximum Gasteiger partial charge on any atom is 0.470 e. The number of rotatable bonds is 7. The highest BCUT2D eigenvalue weighted by molar-refractivity contribution is 6.76. The van der Waals surface area contributed by atoms with Crippen LogP contribution in [0.25, 0.3) is 0 Å². The van der Waals surface area contributed by atoms with Gasteiger partial charge in [-0.25, -0.2) is 4.79 Å². The highest BCUT2D eigenvalue weighted by atomic mass is 28.4. The first-order valence-electron chi connectivity index (χ1n) is 8.23. The van der Waals surface area contributed by atoms with Gasteiger partial charge >= 0.3 is 18.1 Å². The van der Waals surface area contributed by atoms with Crippen molar-refractivity contribution in [2.75, 3.05) is 0 Å². The minimum atomic E-state index is -5.02. The third kappa shape index (κ3) is 9.69. The molecule has 0 aromatic rings. The Hall–Kier alpha value is -0.919. The molecule has 0 saturated heterocycles. The minimum absolute atomic E-state index is 0.650. The molecule has 0 aliphatic rings. The smallest absolute Gasteiger partial charge is 0.470 e. The van der Waals surface area contributed by atoms with Crippen molar-refractivity contribution >= 4 is 36.7 Å². The molecular weight excluding hydrogens is 399 g/mol. The second kappa shape index (κ2) is 8.40. The SMILES string of the molecule is C[Si](C)(C)OC(=O)/C=C/C(O[Si](C)(C)C)N(C(=O)C(F)(F)F)[Si](C)(C)C. The number of alkyl halides is 3. The largest absolute Gasteiger partial charge is 0.517 e. The Morgan fingerprint density at radius 1 is 0.923 bits per heavy atom. The summed E-state index contributed by atoms with van der Waals surface area (Å²) >= 11 is 0. The fourth-order valence-electron chi connectivity index (χ4n) is 1.98. The van der Waals surface area contributed by atoms with Crippen molar-refractivity contribution in [1.82, 2.24) is 4.57 Å². The Bertz CT molecular complexity index is 546. The molecule has 0 saturated carbocycles. The summed E-state index contributed by atoms with van der Waals surface area (Å²) in [5.74, 6) is -2.61. The summed E-state index contributed by atoms with van der Waals surface area (Å²) in [4.78, 5) is 24.0. The molecule has 152 valence electrons. The van der Waals surface area contributed by atoms with Crippen molar-refractivity contribution in [3.63, 3.8) is 0 Å². The summed E-state index contributed by atoms with van der Waals surface area (Å²) < 4.78 is 51.2. The Labute approximate surface area is 156 Å². The number of nitrogens with zero attached hydrogens (tertiary/aromatic N) is 1. The Kier molecular flexibility index (Phi) is 8.10. The molecular formula is C15H30F3NO4Si3. The van der Waals surface area contributed by atoms with Crippen molar-refractivity contribution in [1.29, 1.82) is 0 Å². The topological polar surface area (TPSA) is 55.8 Å². The zero-order chi connectivity index (χ0) is 21.1. The van der Waals surface area contributed by atoms with Gasteiger partial charge in [0.25, 0.3) is 0 Å². The van der Waals surface area contributed by atoms with Gasteiger partial charge in [-0.05, 0) is 45.4 Å². The molecule has 0 aromatic carbocycles. The van der Waals surface area contributed by atoms with E-state index in [-0.39, 0.29) is 0 Å². The summed E-state index contributed by atoms with van der Waals surface area (Å²) in [7, 11) is -7.23. The lowest BCUT2D eigenvalue weighted by atomic mass is 10.4. The fourth-order valence-corrected chi connectivity index (χ4v) is 5.30. The molecule has 1 atom stereocenters. The quantitative estimate of drug-likeness (QED) is 0.343. The molecule has 0 radical (unpaired) electrons. The van der Waals surface area contributed by atoms with Crippen LogP contribution in [0, 0.1) is 0 Å². The van der Waals surface area contributed by atoms with Gasteiger partial charge in [0.1, 0.15) is 6.23 Å². The molecule has 0 N–H and O–H groups in total. The third-order valence-corrected chi connectivity index (χ3v) is 6.38. The van der Waals surface area contributed by atoms with Gasteiger partial charge in [0.15, 0.2) is 16.6 Å². The molecule has 1 amide bonds. The standard InChI is InChI=1S/C15H30F3NO4Si3/c1-24(2,3)19(14(21)15(16,17)18)12(22-25(4,5)6)10-11-13(20)23-26(7,8)9/h10-12H,1-9H3/b11-10+. The van der Waals surface area contributed by atoms with E-state index in [2.05, 4.69) is 0 Å². The van der Waals surface area contributed by atoms with Crippen LogP contribution in [0.3, 0.4) is 0 Å². The second-order valence-electron chi connectivity index (χ2n) is 8.86. The zero-order valence-electron chi connectivity index (χ0n) is 16.9. The number of carbonyl (C=O) groups excluding carboxylic acids is 2. The first kappa shape index (κ1) is 25.1. The number of hydrogen-bond acceptors (Lipinski definition) is 4. The first-order valence-corrected chi connectivity index (χ1v) is 18.5. The average molecular weight is 430 g/mol. The molecule has 1 unspecified atom stereocenters. The van der Waals surface area contributed by atoms with Crippen molar-refractivity contribution in [3.8, 4) is 0 Å². The van der Waals surface area contributed by atoms with Crippen molar-refractivity contribution in [2.45, 2.75) is 71.3 Å². The van der Waals surface area contributed by atoms with E-state index in [9.17, 15) is 22.8 Å². The zero-order valence-corrected chi connectivity index (χ0v) is 19.9. The van der Waals surface area contributed by atoms with Crippen molar-refractivity contribution < 1.29 is 31.6 Å². The molecule has 0 aliphatic heterocycles. The van der Waals surface area contributed by atoms with Crippen LogP contribution < -0.4 is 0 Å². The number of amides is 1. The van der Waals surface area contributed by atoms with Crippen LogP contribution in [0.2, 0.25) is 58.9 Å². The highest BCUT2D eigenvalue weighted by Gasteiger charge is 2.49. The monoisotopic (exact) mass is 429 g/mol. The summed E-state index contributed by atoms with van der Waals surface area (Å²) in [6.07, 6.45) is -4.03. The van der Waals surface area contributed by atoms with E-state index in [0.29, 0.717) is 0 Å². The summed E-state index contributed by atoms with van der Waals surface area (Å²) in [5, 5.41) is 0. The molecule has 5 nitrogen and oxygen atoms in total. The van der Waals surface area contributed by atoms with Gasteiger partial charge in [-0.2, -0.15) is 13.2 Å². The van der Waals surface area contributed by atoms with E-state index in [1.54, 1.807) is 39.3 Å². The summed E-state index contributed by atoms with van der Waals surface area (Å²) in [5.41, 5.74) is 0. The first-order chi connectivity index (χ1) is 11.2. The van der Waals surface area contributed by atoms with Crippen LogP contribution in [0.4, 0.5) is 13.2 Å². The van der Waals surface area contributed by atoms with Crippen LogP contribution in [0.5, 0.6) is 0 Å². The normalized spacial score (nSPS) is 15.1. The lowest BCUT2D eigenvalue weighted by Gasteiger charge is -2.41. The van der Waals surface area contributed by atoms with Gasteiger partial charge in [0, 0.05) is 6.08 Å². The van der Waals surface area contributed by atoms with Gasteiger partial charge in [0.05, 0.1) is 0 Å². The molecule has 0 aliphatic carbocycles. The van der Waals surface area contributed by atoms with Crippen LogP contribution in [-0.2, 0) is 18.4 Å². The molecule has 0 fully saturated rings. The molecule has 0 aromatic heterocycles. The van der Waals surface area contributed by atoms with Crippen molar-refractivity contribution in [3.05, 3.63) is 12.2 Å². The van der Waals surface area contributed by atoms with E-state index < -0.39 is 49.2 Å². The predicted molar refractivity (Wildman–Crippen MR) is 103 cm³/mol. The minimum Gasteiger partial charge on any atom is -0.517 e. The van der Waals surface area contributed by atoms with Crippen LogP contribution >= 0.6 is 0 Å². The van der Waals surface area contributed by atoms with Crippen LogP contribution in [0.1, 0.15) is 0 Å². The van der Waals surface area contributed by atoms with E-state index in [1.807, 2.05) is 19.6 Å². The van der Waals surface area contributed by atoms with Gasteiger partial charge in [-0.15, -0.1) is 0 Å². The molecule has 11 heteroatoms. The Morgan fingerprint density at radius 2 is 1.38 bits per heavy atom. The Morgan fingerprint density at radius 3 is 1.69 bits per heavy atom. The molecule has 0 rings (SSSR count). The van der Waals surface area contributed by atoms with E-state index in [0.717, 1.165) is 10.6 Å². The summed E-state index contributed by atoms with van der Waals surface area (Å²) in [6.45, 7) is 15.7. The summed E-state index contributed by atoms with van der Waals surface area (Å²) in [6, 6.07) is 0. The van der Waals surface area contributed by atoms with Crippen LogP contribution in [0.15, 0.2) is 12.2 Å². The van der Waals surface area contributed by atoms with Gasteiger partial charge < -0.3 is 13.4 Å². The Balaban J connectivity index is 5.88. The van der Waals surface area contributed by atoms with E-state index >= 15 is 0 Å². The molecule has 0 bridgehead atoms. The molecule has 0 heterocycles. The van der Waals surface area contributed by atoms with E-state index in [4.69, 9.17) is 8.85 Å². The maximum absolute atomic E-state index is 13.1. The highest BCUT2D eigenvalue weighted by Crippen LogP contribution is 2.27. The van der Waals surface area contributed by atoms with Gasteiger partial charge in [-0.1, -0.05) is 19.6 Å². The predicted octanol–water partition coefficient (Wildman–Crippen LogP) is 4.32.